The van der Waals surface area contributed by atoms with Gasteiger partial charge in [0.05, 0.1) is 7.11 Å². The van der Waals surface area contributed by atoms with Crippen LogP contribution in [0.4, 0.5) is 11.4 Å². The van der Waals surface area contributed by atoms with Gasteiger partial charge >= 0.3 is 0 Å². The molecule has 0 saturated carbocycles. The highest BCUT2D eigenvalue weighted by Crippen LogP contribution is 2.29. The third-order valence-electron chi connectivity index (χ3n) is 4.92. The van der Waals surface area contributed by atoms with Gasteiger partial charge in [0, 0.05) is 24.5 Å². The second-order valence-electron chi connectivity index (χ2n) is 7.01. The number of methoxy groups -OCH3 is 1. The predicted octanol–water partition coefficient (Wildman–Crippen LogP) is 4.35. The number of hydrogen-bond acceptors (Lipinski definition) is 4. The summed E-state index contributed by atoms with van der Waals surface area (Å²) in [5.74, 6) is 0.958. The minimum atomic E-state index is -0.200. The van der Waals surface area contributed by atoms with Gasteiger partial charge in [-0.2, -0.15) is 0 Å². The van der Waals surface area contributed by atoms with Crippen molar-refractivity contribution in [2.45, 2.75) is 26.2 Å². The molecule has 0 spiro atoms. The number of hydrogen-bond donors (Lipinski definition) is 1. The molecule has 1 aliphatic heterocycles. The number of carbonyl (C=O) groups excluding carboxylic acids is 1. The number of allylic oxidation sites excluding steroid dienone is 1. The fraction of sp³-hybridized carbons (Fsp3) is 0.348. The molecule has 2 aromatic carbocycles. The maximum absolute atomic E-state index is 12.3. The molecule has 1 N–H and O–H groups in total. The molecule has 5 heteroatoms. The summed E-state index contributed by atoms with van der Waals surface area (Å²) in [6.45, 7) is 7.88. The highest BCUT2D eigenvalue weighted by Gasteiger charge is 2.14. The van der Waals surface area contributed by atoms with Crippen molar-refractivity contribution in [1.82, 2.24) is 0 Å². The topological polar surface area (TPSA) is 50.8 Å². The average molecular weight is 380 g/mol. The third kappa shape index (κ3) is 4.85. The van der Waals surface area contributed by atoms with Crippen molar-refractivity contribution in [2.24, 2.45) is 0 Å². The van der Waals surface area contributed by atoms with E-state index in [0.29, 0.717) is 11.5 Å². The average Bonchev–Trinajstić information content (AvgIpc) is 3.23. The maximum atomic E-state index is 12.3. The Morgan fingerprint density at radius 3 is 2.64 bits per heavy atom. The van der Waals surface area contributed by atoms with E-state index in [0.717, 1.165) is 36.3 Å². The van der Waals surface area contributed by atoms with Gasteiger partial charge in [-0.05, 0) is 67.6 Å². The number of rotatable bonds is 8. The van der Waals surface area contributed by atoms with Crippen molar-refractivity contribution in [3.63, 3.8) is 0 Å². The summed E-state index contributed by atoms with van der Waals surface area (Å²) >= 11 is 0. The first-order valence-electron chi connectivity index (χ1n) is 9.67. The molecule has 1 saturated heterocycles. The lowest BCUT2D eigenvalue weighted by atomic mass is 10.1. The molecule has 1 amide bonds. The fourth-order valence-electron chi connectivity index (χ4n) is 3.41. The van der Waals surface area contributed by atoms with Crippen molar-refractivity contribution >= 4 is 17.3 Å². The van der Waals surface area contributed by atoms with E-state index in [-0.39, 0.29) is 12.5 Å². The Balaban J connectivity index is 1.59. The molecule has 0 aliphatic carbocycles. The van der Waals surface area contributed by atoms with E-state index in [1.54, 1.807) is 7.11 Å². The standard InChI is InChI=1S/C23H28N2O3/c1-4-7-18-8-11-21(22(15-18)27-3)28-16-23(26)24-20-10-9-19(14-17(20)2)25-12-5-6-13-25/h4,8-11,14-15H,1,5-7,12-13,16H2,2-3H3,(H,24,26). The zero-order chi connectivity index (χ0) is 19.9. The molecule has 0 unspecified atom stereocenters. The van der Waals surface area contributed by atoms with Gasteiger partial charge in [-0.3, -0.25) is 4.79 Å². The summed E-state index contributed by atoms with van der Waals surface area (Å²) < 4.78 is 11.0. The number of aryl methyl sites for hydroxylation is 1. The van der Waals surface area contributed by atoms with Crippen LogP contribution in [0, 0.1) is 6.92 Å². The Labute approximate surface area is 167 Å². The molecular weight excluding hydrogens is 352 g/mol. The quantitative estimate of drug-likeness (QED) is 0.692. The molecular formula is C23H28N2O3. The largest absolute Gasteiger partial charge is 0.493 e. The van der Waals surface area contributed by atoms with E-state index in [1.807, 2.05) is 37.3 Å². The van der Waals surface area contributed by atoms with Gasteiger partial charge in [-0.15, -0.1) is 6.58 Å². The monoisotopic (exact) mass is 380 g/mol. The highest BCUT2D eigenvalue weighted by molar-refractivity contribution is 5.93. The SMILES string of the molecule is C=CCc1ccc(OCC(=O)Nc2ccc(N3CCCC3)cc2C)c(OC)c1. The third-order valence-corrected chi connectivity index (χ3v) is 4.92. The van der Waals surface area contributed by atoms with E-state index >= 15 is 0 Å². The molecule has 0 radical (unpaired) electrons. The minimum Gasteiger partial charge on any atom is -0.493 e. The van der Waals surface area contributed by atoms with E-state index in [2.05, 4.69) is 28.9 Å². The van der Waals surface area contributed by atoms with E-state index in [4.69, 9.17) is 9.47 Å². The summed E-state index contributed by atoms with van der Waals surface area (Å²) in [5.41, 5.74) is 4.15. The van der Waals surface area contributed by atoms with Crippen LogP contribution in [0.25, 0.3) is 0 Å². The molecule has 0 bridgehead atoms. The smallest absolute Gasteiger partial charge is 0.262 e. The molecule has 1 fully saturated rings. The van der Waals surface area contributed by atoms with Crippen molar-refractivity contribution in [2.75, 3.05) is 37.0 Å². The van der Waals surface area contributed by atoms with Crippen LogP contribution in [0.2, 0.25) is 0 Å². The van der Waals surface area contributed by atoms with Crippen LogP contribution in [0.5, 0.6) is 11.5 Å². The van der Waals surface area contributed by atoms with Crippen LogP contribution >= 0.6 is 0 Å². The molecule has 28 heavy (non-hydrogen) atoms. The van der Waals surface area contributed by atoms with Crippen molar-refractivity contribution < 1.29 is 14.3 Å². The summed E-state index contributed by atoms with van der Waals surface area (Å²) in [4.78, 5) is 14.7. The second-order valence-corrected chi connectivity index (χ2v) is 7.01. The van der Waals surface area contributed by atoms with Gasteiger partial charge in [0.2, 0.25) is 0 Å². The Hall–Kier alpha value is -2.95. The normalized spacial score (nSPS) is 13.3. The van der Waals surface area contributed by atoms with Crippen LogP contribution in [-0.2, 0) is 11.2 Å². The second kappa shape index (κ2) is 9.31. The van der Waals surface area contributed by atoms with Gasteiger partial charge in [-0.25, -0.2) is 0 Å². The first kappa shape index (κ1) is 19.8. The lowest BCUT2D eigenvalue weighted by Gasteiger charge is -2.19. The van der Waals surface area contributed by atoms with Gasteiger partial charge < -0.3 is 19.7 Å². The Bertz CT molecular complexity index is 842. The van der Waals surface area contributed by atoms with Gasteiger partial charge in [0.25, 0.3) is 5.91 Å². The number of anilines is 2. The van der Waals surface area contributed by atoms with Crippen molar-refractivity contribution in [3.05, 3.63) is 60.2 Å². The number of nitrogens with zero attached hydrogens (tertiary/aromatic N) is 1. The number of nitrogens with one attached hydrogen (secondary N) is 1. The maximum Gasteiger partial charge on any atom is 0.262 e. The number of amides is 1. The zero-order valence-corrected chi connectivity index (χ0v) is 16.7. The van der Waals surface area contributed by atoms with E-state index in [1.165, 1.54) is 18.5 Å². The molecule has 0 aromatic heterocycles. The molecule has 3 rings (SSSR count). The number of carbonyl (C=O) groups is 1. The Kier molecular flexibility index (Phi) is 6.58. The lowest BCUT2D eigenvalue weighted by Crippen LogP contribution is -2.21. The summed E-state index contributed by atoms with van der Waals surface area (Å²) in [7, 11) is 1.59. The van der Waals surface area contributed by atoms with Crippen LogP contribution in [-0.4, -0.2) is 32.7 Å². The molecule has 2 aromatic rings. The van der Waals surface area contributed by atoms with Crippen LogP contribution in [0.1, 0.15) is 24.0 Å². The first-order chi connectivity index (χ1) is 13.6. The van der Waals surface area contributed by atoms with Gasteiger partial charge in [0.15, 0.2) is 18.1 Å². The number of benzene rings is 2. The molecule has 1 heterocycles. The summed E-state index contributed by atoms with van der Waals surface area (Å²) in [6.07, 6.45) is 5.07. The zero-order valence-electron chi connectivity index (χ0n) is 16.7. The number of ether oxygens (including phenoxy) is 2. The van der Waals surface area contributed by atoms with Crippen LogP contribution in [0.3, 0.4) is 0 Å². The Morgan fingerprint density at radius 1 is 1.18 bits per heavy atom. The fourth-order valence-corrected chi connectivity index (χ4v) is 3.41. The summed E-state index contributed by atoms with van der Waals surface area (Å²) in [6, 6.07) is 11.8. The first-order valence-corrected chi connectivity index (χ1v) is 9.67. The molecule has 148 valence electrons. The Morgan fingerprint density at radius 2 is 1.96 bits per heavy atom. The van der Waals surface area contributed by atoms with Gasteiger partial charge in [0.1, 0.15) is 0 Å². The van der Waals surface area contributed by atoms with Crippen molar-refractivity contribution in [1.29, 1.82) is 0 Å². The predicted molar refractivity (Wildman–Crippen MR) is 114 cm³/mol. The van der Waals surface area contributed by atoms with Crippen LogP contribution < -0.4 is 19.7 Å². The lowest BCUT2D eigenvalue weighted by molar-refractivity contribution is -0.118. The highest BCUT2D eigenvalue weighted by atomic mass is 16.5. The van der Waals surface area contributed by atoms with Gasteiger partial charge in [-0.1, -0.05) is 12.1 Å². The molecule has 1 aliphatic rings. The van der Waals surface area contributed by atoms with Crippen LogP contribution in [0.15, 0.2) is 49.1 Å². The molecule has 0 atom stereocenters. The van der Waals surface area contributed by atoms with E-state index < -0.39 is 0 Å². The van der Waals surface area contributed by atoms with Crippen molar-refractivity contribution in [3.8, 4) is 11.5 Å². The minimum absolute atomic E-state index is 0.0789. The summed E-state index contributed by atoms with van der Waals surface area (Å²) in [5, 5.41) is 2.93. The van der Waals surface area contributed by atoms with E-state index in [9.17, 15) is 4.79 Å². The molecule has 5 nitrogen and oxygen atoms in total.